The normalized spacial score (nSPS) is 36.5. The van der Waals surface area contributed by atoms with Gasteiger partial charge in [0.25, 0.3) is 0 Å². The molecule has 15 heavy (non-hydrogen) atoms. The molecule has 1 heteroatoms. The van der Waals surface area contributed by atoms with Gasteiger partial charge in [0.05, 0.1) is 5.60 Å². The standard InChI is InChI=1S/C14H20O/c1-11-7-6-8-12(2)14(11,15)13-9-4-3-5-10-13/h3-5,9-12,15H,6-8H2,1-2H3/t11-,12+,14?. The van der Waals surface area contributed by atoms with Crippen LogP contribution in [0.3, 0.4) is 0 Å². The van der Waals surface area contributed by atoms with Crippen LogP contribution in [0.25, 0.3) is 0 Å². The molecule has 0 heterocycles. The van der Waals surface area contributed by atoms with Crippen LogP contribution in [-0.4, -0.2) is 5.11 Å². The summed E-state index contributed by atoms with van der Waals surface area (Å²) in [5, 5.41) is 10.9. The molecule has 1 saturated carbocycles. The van der Waals surface area contributed by atoms with Gasteiger partial charge in [-0.05, 0) is 30.2 Å². The number of benzene rings is 1. The van der Waals surface area contributed by atoms with Gasteiger partial charge in [0, 0.05) is 0 Å². The van der Waals surface area contributed by atoms with Crippen molar-refractivity contribution in [2.45, 2.75) is 38.7 Å². The van der Waals surface area contributed by atoms with Gasteiger partial charge in [-0.3, -0.25) is 0 Å². The molecular weight excluding hydrogens is 184 g/mol. The quantitative estimate of drug-likeness (QED) is 0.744. The largest absolute Gasteiger partial charge is 0.385 e. The monoisotopic (exact) mass is 204 g/mol. The summed E-state index contributed by atoms with van der Waals surface area (Å²) in [4.78, 5) is 0. The van der Waals surface area contributed by atoms with E-state index in [1.165, 1.54) is 6.42 Å². The Kier molecular flexibility index (Phi) is 2.83. The summed E-state index contributed by atoms with van der Waals surface area (Å²) >= 11 is 0. The Morgan fingerprint density at radius 3 is 2.13 bits per heavy atom. The molecule has 1 nitrogen and oxygen atoms in total. The van der Waals surface area contributed by atoms with Crippen LogP contribution in [-0.2, 0) is 5.60 Å². The highest BCUT2D eigenvalue weighted by Crippen LogP contribution is 2.45. The zero-order valence-corrected chi connectivity index (χ0v) is 9.61. The van der Waals surface area contributed by atoms with Crippen LogP contribution >= 0.6 is 0 Å². The fourth-order valence-corrected chi connectivity index (χ4v) is 2.93. The molecule has 1 fully saturated rings. The Morgan fingerprint density at radius 1 is 1.07 bits per heavy atom. The van der Waals surface area contributed by atoms with Gasteiger partial charge in [-0.1, -0.05) is 50.6 Å². The molecule has 0 spiro atoms. The smallest absolute Gasteiger partial charge is 0.0947 e. The van der Waals surface area contributed by atoms with Crippen molar-refractivity contribution >= 4 is 0 Å². The molecule has 1 aromatic carbocycles. The molecule has 82 valence electrons. The van der Waals surface area contributed by atoms with E-state index in [0.717, 1.165) is 18.4 Å². The van der Waals surface area contributed by atoms with Gasteiger partial charge in [-0.2, -0.15) is 0 Å². The van der Waals surface area contributed by atoms with Crippen molar-refractivity contribution in [2.75, 3.05) is 0 Å². The van der Waals surface area contributed by atoms with E-state index in [4.69, 9.17) is 0 Å². The molecule has 0 bridgehead atoms. The number of hydrogen-bond acceptors (Lipinski definition) is 1. The third-order valence-corrected chi connectivity index (χ3v) is 4.01. The average Bonchev–Trinajstić information content (AvgIpc) is 2.27. The number of aliphatic hydroxyl groups is 1. The highest BCUT2D eigenvalue weighted by atomic mass is 16.3. The van der Waals surface area contributed by atoms with Crippen LogP contribution in [0, 0.1) is 11.8 Å². The molecule has 1 aromatic rings. The fourth-order valence-electron chi connectivity index (χ4n) is 2.93. The minimum absolute atomic E-state index is 0.364. The van der Waals surface area contributed by atoms with E-state index in [9.17, 15) is 5.11 Å². The van der Waals surface area contributed by atoms with Gasteiger partial charge in [0.2, 0.25) is 0 Å². The maximum atomic E-state index is 10.9. The maximum absolute atomic E-state index is 10.9. The van der Waals surface area contributed by atoms with Crippen molar-refractivity contribution in [3.8, 4) is 0 Å². The molecule has 0 aromatic heterocycles. The summed E-state index contributed by atoms with van der Waals surface area (Å²) in [6.07, 6.45) is 3.52. The van der Waals surface area contributed by atoms with Gasteiger partial charge in [-0.15, -0.1) is 0 Å². The van der Waals surface area contributed by atoms with Crippen molar-refractivity contribution in [2.24, 2.45) is 11.8 Å². The van der Waals surface area contributed by atoms with E-state index >= 15 is 0 Å². The molecule has 1 aliphatic carbocycles. The summed E-state index contributed by atoms with van der Waals surface area (Å²) in [5.41, 5.74) is 0.476. The van der Waals surface area contributed by atoms with E-state index in [0.29, 0.717) is 11.8 Å². The Balaban J connectivity index is 2.38. The van der Waals surface area contributed by atoms with Gasteiger partial charge >= 0.3 is 0 Å². The van der Waals surface area contributed by atoms with Crippen LogP contribution in [0.1, 0.15) is 38.7 Å². The van der Waals surface area contributed by atoms with Crippen LogP contribution in [0.4, 0.5) is 0 Å². The lowest BCUT2D eigenvalue weighted by atomic mass is 9.66. The predicted octanol–water partition coefficient (Wildman–Crippen LogP) is 3.33. The summed E-state index contributed by atoms with van der Waals surface area (Å²) in [7, 11) is 0. The van der Waals surface area contributed by atoms with Crippen molar-refractivity contribution < 1.29 is 5.11 Å². The Hall–Kier alpha value is -0.820. The zero-order valence-electron chi connectivity index (χ0n) is 9.61. The van der Waals surface area contributed by atoms with Crippen LogP contribution in [0.15, 0.2) is 30.3 Å². The molecule has 0 amide bonds. The molecule has 1 N–H and O–H groups in total. The van der Waals surface area contributed by atoms with Gasteiger partial charge in [0.15, 0.2) is 0 Å². The van der Waals surface area contributed by atoms with E-state index in [1.807, 2.05) is 18.2 Å². The minimum Gasteiger partial charge on any atom is -0.385 e. The molecule has 2 rings (SSSR count). The van der Waals surface area contributed by atoms with Crippen molar-refractivity contribution in [1.29, 1.82) is 0 Å². The van der Waals surface area contributed by atoms with Crippen molar-refractivity contribution in [3.05, 3.63) is 35.9 Å². The first kappa shape index (κ1) is 10.7. The van der Waals surface area contributed by atoms with Crippen molar-refractivity contribution in [3.63, 3.8) is 0 Å². The van der Waals surface area contributed by atoms with E-state index < -0.39 is 5.60 Å². The highest BCUT2D eigenvalue weighted by Gasteiger charge is 2.42. The topological polar surface area (TPSA) is 20.2 Å². The Morgan fingerprint density at radius 2 is 1.60 bits per heavy atom. The highest BCUT2D eigenvalue weighted by molar-refractivity contribution is 5.24. The molecule has 3 atom stereocenters. The second-order valence-corrected chi connectivity index (χ2v) is 4.92. The summed E-state index contributed by atoms with van der Waals surface area (Å²) in [5.74, 6) is 0.729. The lowest BCUT2D eigenvalue weighted by molar-refractivity contribution is -0.0892. The molecular formula is C14H20O. The van der Waals surface area contributed by atoms with Crippen LogP contribution < -0.4 is 0 Å². The van der Waals surface area contributed by atoms with E-state index in [2.05, 4.69) is 26.0 Å². The molecule has 0 radical (unpaired) electrons. The van der Waals surface area contributed by atoms with Gasteiger partial charge in [0.1, 0.15) is 0 Å². The Labute approximate surface area is 92.1 Å². The molecule has 1 aliphatic rings. The molecule has 1 unspecified atom stereocenters. The minimum atomic E-state index is -0.612. The second kappa shape index (κ2) is 3.97. The number of rotatable bonds is 1. The first-order valence-electron chi connectivity index (χ1n) is 5.93. The third kappa shape index (κ3) is 1.69. The average molecular weight is 204 g/mol. The van der Waals surface area contributed by atoms with Gasteiger partial charge < -0.3 is 5.11 Å². The fraction of sp³-hybridized carbons (Fsp3) is 0.571. The SMILES string of the molecule is C[C@@H]1CCC[C@H](C)C1(O)c1ccccc1. The molecule has 0 saturated heterocycles. The lowest BCUT2D eigenvalue weighted by Gasteiger charge is -2.43. The second-order valence-electron chi connectivity index (χ2n) is 4.92. The van der Waals surface area contributed by atoms with Gasteiger partial charge in [-0.25, -0.2) is 0 Å². The first-order valence-corrected chi connectivity index (χ1v) is 5.93. The maximum Gasteiger partial charge on any atom is 0.0947 e. The number of hydrogen-bond donors (Lipinski definition) is 1. The summed E-state index contributed by atoms with van der Waals surface area (Å²) in [6, 6.07) is 10.1. The van der Waals surface area contributed by atoms with Crippen LogP contribution in [0.2, 0.25) is 0 Å². The molecule has 0 aliphatic heterocycles. The Bertz CT molecular complexity index is 307. The first-order chi connectivity index (χ1) is 7.15. The third-order valence-electron chi connectivity index (χ3n) is 4.01. The van der Waals surface area contributed by atoms with E-state index in [-0.39, 0.29) is 0 Å². The summed E-state index contributed by atoms with van der Waals surface area (Å²) < 4.78 is 0. The summed E-state index contributed by atoms with van der Waals surface area (Å²) in [6.45, 7) is 4.34. The van der Waals surface area contributed by atoms with E-state index in [1.54, 1.807) is 0 Å². The lowest BCUT2D eigenvalue weighted by Crippen LogP contribution is -2.42. The van der Waals surface area contributed by atoms with Crippen LogP contribution in [0.5, 0.6) is 0 Å². The predicted molar refractivity (Wildman–Crippen MR) is 62.5 cm³/mol. The van der Waals surface area contributed by atoms with Crippen molar-refractivity contribution in [1.82, 2.24) is 0 Å². The zero-order chi connectivity index (χ0) is 10.9.